The summed E-state index contributed by atoms with van der Waals surface area (Å²) in [4.78, 5) is 14.5. The number of aromatic amines is 1. The van der Waals surface area contributed by atoms with Gasteiger partial charge in [-0.25, -0.2) is 4.39 Å². The van der Waals surface area contributed by atoms with Crippen LogP contribution in [0.1, 0.15) is 16.1 Å². The van der Waals surface area contributed by atoms with Crippen LogP contribution in [0.15, 0.2) is 36.5 Å². The Morgan fingerprint density at radius 2 is 2.07 bits per heavy atom. The fourth-order valence-corrected chi connectivity index (χ4v) is 1.47. The maximum absolute atomic E-state index is 13.5. The van der Waals surface area contributed by atoms with Gasteiger partial charge in [-0.3, -0.25) is 4.79 Å². The summed E-state index contributed by atoms with van der Waals surface area (Å²) in [6, 6.07) is 7.62. The van der Waals surface area contributed by atoms with E-state index in [1.165, 1.54) is 12.1 Å². The third kappa shape index (κ3) is 1.78. The molecule has 0 bridgehead atoms. The molecular weight excluding hydrogens is 217 g/mol. The summed E-state index contributed by atoms with van der Waals surface area (Å²) >= 11 is 5.58. The van der Waals surface area contributed by atoms with Crippen molar-refractivity contribution in [1.82, 2.24) is 4.98 Å². The Labute approximate surface area is 90.7 Å². The molecule has 1 aromatic carbocycles. The summed E-state index contributed by atoms with van der Waals surface area (Å²) in [5.41, 5.74) is 0.320. The van der Waals surface area contributed by atoms with E-state index < -0.39 is 11.6 Å². The SMILES string of the molecule is O=C(c1ccc[nH]1)c1cccc(Cl)c1F. The molecule has 0 aliphatic carbocycles. The zero-order valence-corrected chi connectivity index (χ0v) is 8.38. The number of halogens is 2. The monoisotopic (exact) mass is 223 g/mol. The molecule has 0 saturated heterocycles. The Kier molecular flexibility index (Phi) is 2.56. The van der Waals surface area contributed by atoms with Crippen molar-refractivity contribution in [2.75, 3.05) is 0 Å². The average molecular weight is 224 g/mol. The lowest BCUT2D eigenvalue weighted by Crippen LogP contribution is -2.04. The van der Waals surface area contributed by atoms with Crippen LogP contribution in [0.5, 0.6) is 0 Å². The predicted molar refractivity (Wildman–Crippen MR) is 55.6 cm³/mol. The van der Waals surface area contributed by atoms with Crippen molar-refractivity contribution in [2.24, 2.45) is 0 Å². The highest BCUT2D eigenvalue weighted by molar-refractivity contribution is 6.31. The number of aromatic nitrogens is 1. The summed E-state index contributed by atoms with van der Waals surface area (Å²) in [7, 11) is 0. The standard InChI is InChI=1S/C11H7ClFNO/c12-8-4-1-3-7(10(8)13)11(15)9-5-2-6-14-9/h1-6,14H. The summed E-state index contributed by atoms with van der Waals surface area (Å²) < 4.78 is 13.5. The van der Waals surface area contributed by atoms with Gasteiger partial charge in [0.05, 0.1) is 16.3 Å². The molecule has 0 unspecified atom stereocenters. The highest BCUT2D eigenvalue weighted by Crippen LogP contribution is 2.19. The Balaban J connectivity index is 2.47. The van der Waals surface area contributed by atoms with E-state index in [1.54, 1.807) is 24.4 Å². The van der Waals surface area contributed by atoms with Crippen LogP contribution in [0.4, 0.5) is 4.39 Å². The molecule has 0 fully saturated rings. The first kappa shape index (κ1) is 9.93. The molecule has 4 heteroatoms. The molecule has 0 amide bonds. The molecule has 1 heterocycles. The molecule has 0 saturated carbocycles. The first-order valence-corrected chi connectivity index (χ1v) is 4.70. The molecule has 76 valence electrons. The molecule has 1 N–H and O–H groups in total. The van der Waals surface area contributed by atoms with Crippen molar-refractivity contribution in [3.63, 3.8) is 0 Å². The number of hydrogen-bond donors (Lipinski definition) is 1. The summed E-state index contributed by atoms with van der Waals surface area (Å²) in [6.07, 6.45) is 1.61. The summed E-state index contributed by atoms with van der Waals surface area (Å²) in [5.74, 6) is -1.08. The normalized spacial score (nSPS) is 10.3. The van der Waals surface area contributed by atoms with E-state index in [-0.39, 0.29) is 10.6 Å². The second-order valence-electron chi connectivity index (χ2n) is 3.01. The lowest BCUT2D eigenvalue weighted by Gasteiger charge is -2.01. The van der Waals surface area contributed by atoms with Crippen molar-refractivity contribution in [3.05, 3.63) is 58.6 Å². The fraction of sp³-hybridized carbons (Fsp3) is 0. The minimum Gasteiger partial charge on any atom is -0.359 e. The molecule has 2 nitrogen and oxygen atoms in total. The van der Waals surface area contributed by atoms with Gasteiger partial charge in [0, 0.05) is 6.20 Å². The van der Waals surface area contributed by atoms with Gasteiger partial charge in [0.25, 0.3) is 0 Å². The number of carbonyl (C=O) groups excluding carboxylic acids is 1. The Morgan fingerprint density at radius 3 is 2.73 bits per heavy atom. The van der Waals surface area contributed by atoms with Gasteiger partial charge in [0.2, 0.25) is 5.78 Å². The van der Waals surface area contributed by atoms with E-state index in [1.807, 2.05) is 0 Å². The number of ketones is 1. The molecule has 15 heavy (non-hydrogen) atoms. The van der Waals surface area contributed by atoms with Crippen molar-refractivity contribution in [3.8, 4) is 0 Å². The number of hydrogen-bond acceptors (Lipinski definition) is 1. The van der Waals surface area contributed by atoms with Crippen molar-refractivity contribution in [2.45, 2.75) is 0 Å². The van der Waals surface area contributed by atoms with Gasteiger partial charge in [0.1, 0.15) is 0 Å². The van der Waals surface area contributed by atoms with E-state index in [4.69, 9.17) is 11.6 Å². The average Bonchev–Trinajstić information content (AvgIpc) is 2.74. The van der Waals surface area contributed by atoms with E-state index >= 15 is 0 Å². The quantitative estimate of drug-likeness (QED) is 0.780. The van der Waals surface area contributed by atoms with Crippen LogP contribution in [-0.2, 0) is 0 Å². The second kappa shape index (κ2) is 3.87. The molecule has 2 rings (SSSR count). The van der Waals surface area contributed by atoms with Gasteiger partial charge in [-0.2, -0.15) is 0 Å². The molecule has 0 spiro atoms. The first-order chi connectivity index (χ1) is 7.20. The number of carbonyl (C=O) groups is 1. The van der Waals surface area contributed by atoms with Gasteiger partial charge >= 0.3 is 0 Å². The van der Waals surface area contributed by atoms with E-state index in [0.717, 1.165) is 0 Å². The van der Waals surface area contributed by atoms with Crippen LogP contribution in [-0.4, -0.2) is 10.8 Å². The van der Waals surface area contributed by atoms with E-state index in [0.29, 0.717) is 5.69 Å². The molecular formula is C11H7ClFNO. The third-order valence-electron chi connectivity index (χ3n) is 2.04. The molecule has 0 aliphatic rings. The van der Waals surface area contributed by atoms with Crippen molar-refractivity contribution in [1.29, 1.82) is 0 Å². The maximum atomic E-state index is 13.5. The lowest BCUT2D eigenvalue weighted by atomic mass is 10.1. The van der Waals surface area contributed by atoms with Gasteiger partial charge in [0.15, 0.2) is 5.82 Å². The Bertz CT molecular complexity index is 493. The lowest BCUT2D eigenvalue weighted by molar-refractivity contribution is 0.103. The summed E-state index contributed by atoms with van der Waals surface area (Å²) in [6.45, 7) is 0. The smallest absolute Gasteiger partial charge is 0.212 e. The van der Waals surface area contributed by atoms with Crippen molar-refractivity contribution < 1.29 is 9.18 Å². The number of H-pyrrole nitrogens is 1. The molecule has 0 radical (unpaired) electrons. The van der Waals surface area contributed by atoms with Gasteiger partial charge in [-0.05, 0) is 24.3 Å². The Hall–Kier alpha value is -1.61. The topological polar surface area (TPSA) is 32.9 Å². The Morgan fingerprint density at radius 1 is 1.27 bits per heavy atom. The van der Waals surface area contributed by atoms with Crippen molar-refractivity contribution >= 4 is 17.4 Å². The van der Waals surface area contributed by atoms with Gasteiger partial charge in [-0.1, -0.05) is 17.7 Å². The van der Waals surface area contributed by atoms with Crippen LogP contribution in [0.2, 0.25) is 5.02 Å². The first-order valence-electron chi connectivity index (χ1n) is 4.32. The number of nitrogens with one attached hydrogen (secondary N) is 1. The molecule has 1 aromatic heterocycles. The zero-order valence-electron chi connectivity index (χ0n) is 7.63. The second-order valence-corrected chi connectivity index (χ2v) is 3.42. The molecule has 0 aliphatic heterocycles. The largest absolute Gasteiger partial charge is 0.359 e. The number of rotatable bonds is 2. The van der Waals surface area contributed by atoms with Gasteiger partial charge in [-0.15, -0.1) is 0 Å². The zero-order chi connectivity index (χ0) is 10.8. The summed E-state index contributed by atoms with van der Waals surface area (Å²) in [5, 5.41) is -0.0487. The predicted octanol–water partition coefficient (Wildman–Crippen LogP) is 3.04. The van der Waals surface area contributed by atoms with Crippen LogP contribution in [0.3, 0.4) is 0 Å². The van der Waals surface area contributed by atoms with Crippen LogP contribution in [0, 0.1) is 5.82 Å². The highest BCUT2D eigenvalue weighted by Gasteiger charge is 2.16. The van der Waals surface area contributed by atoms with Crippen LogP contribution in [0.25, 0.3) is 0 Å². The minimum absolute atomic E-state index is 0.0232. The maximum Gasteiger partial charge on any atom is 0.212 e. The van der Waals surface area contributed by atoms with Gasteiger partial charge < -0.3 is 4.98 Å². The van der Waals surface area contributed by atoms with Crippen LogP contribution >= 0.6 is 11.6 Å². The fourth-order valence-electron chi connectivity index (χ4n) is 1.30. The van der Waals surface area contributed by atoms with Crippen LogP contribution < -0.4 is 0 Å². The van der Waals surface area contributed by atoms with E-state index in [2.05, 4.69) is 4.98 Å². The number of benzene rings is 1. The minimum atomic E-state index is -0.682. The molecule has 0 atom stereocenters. The molecule has 2 aromatic rings. The highest BCUT2D eigenvalue weighted by atomic mass is 35.5. The third-order valence-corrected chi connectivity index (χ3v) is 2.33. The van der Waals surface area contributed by atoms with E-state index in [9.17, 15) is 9.18 Å².